The molecule has 534 valence electrons. The smallest absolute Gasteiger partial charge is 0.257 e. The summed E-state index contributed by atoms with van der Waals surface area (Å²) < 4.78 is 0. The summed E-state index contributed by atoms with van der Waals surface area (Å²) in [5, 5.41) is 32.7. The number of likely N-dealkylation sites (N-methyl/N-ethyl adjacent to an activating group) is 3. The second-order valence-electron chi connectivity index (χ2n) is 26.9. The maximum absolute atomic E-state index is 12.9. The Hall–Kier alpha value is -11.8. The molecule has 3 aliphatic heterocycles. The highest BCUT2D eigenvalue weighted by atomic mass is 35.5. The molecule has 24 heteroatoms. The number of aryl methyl sites for hydroxylation is 3. The number of carbonyl (C=O) groups is 3. The van der Waals surface area contributed by atoms with Crippen molar-refractivity contribution in [3.8, 4) is 35.5 Å². The summed E-state index contributed by atoms with van der Waals surface area (Å²) >= 11 is 6.11. The van der Waals surface area contributed by atoms with E-state index in [-0.39, 0.29) is 17.7 Å². The molecule has 3 saturated heterocycles. The average Bonchev–Trinajstić information content (AvgIpc) is 1.66. The Morgan fingerprint density at radius 1 is 0.406 bits per heavy atom. The van der Waals surface area contributed by atoms with Gasteiger partial charge < -0.3 is 30.7 Å². The van der Waals surface area contributed by atoms with Gasteiger partial charge in [0.1, 0.15) is 28.1 Å². The summed E-state index contributed by atoms with van der Waals surface area (Å²) in [4.78, 5) is 74.2. The third-order valence-electron chi connectivity index (χ3n) is 19.0. The molecule has 0 aliphatic carbocycles. The van der Waals surface area contributed by atoms with Gasteiger partial charge in [-0.25, -0.2) is 0 Å². The van der Waals surface area contributed by atoms with Crippen molar-refractivity contribution in [2.75, 3.05) is 116 Å². The first-order chi connectivity index (χ1) is 51.5. The first kappa shape index (κ1) is 72.5. The van der Waals surface area contributed by atoms with Crippen molar-refractivity contribution in [1.82, 2.24) is 84.9 Å². The lowest BCUT2D eigenvalue weighted by atomic mass is 10.1. The number of hydrogen-bond acceptors (Lipinski definition) is 17. The van der Waals surface area contributed by atoms with Crippen LogP contribution in [0.3, 0.4) is 0 Å². The van der Waals surface area contributed by atoms with Crippen LogP contribution in [0.1, 0.15) is 98.2 Å². The third-order valence-corrected chi connectivity index (χ3v) is 19.2. The maximum Gasteiger partial charge on any atom is 0.257 e. The first-order valence-electron chi connectivity index (χ1n) is 35.1. The summed E-state index contributed by atoms with van der Waals surface area (Å²) in [6, 6.07) is 34.4. The van der Waals surface area contributed by atoms with Crippen LogP contribution in [0.25, 0.3) is 32.8 Å². The fraction of sp³-hybridized carbons (Fsp3) is 0.256. The predicted octanol–water partition coefficient (Wildman–Crippen LogP) is 10.4. The molecule has 3 fully saturated rings. The van der Waals surface area contributed by atoms with Crippen LogP contribution < -0.4 is 16.0 Å². The van der Waals surface area contributed by atoms with E-state index in [0.29, 0.717) is 61.0 Å². The second kappa shape index (κ2) is 34.2. The number of aromatic nitrogens is 11. The van der Waals surface area contributed by atoms with Gasteiger partial charge >= 0.3 is 0 Å². The largest absolute Gasteiger partial charge is 0.322 e. The molecule has 8 aromatic heterocycles. The molecule has 0 radical (unpaired) electrons. The van der Waals surface area contributed by atoms with E-state index in [9.17, 15) is 14.4 Å². The maximum atomic E-state index is 12.9. The van der Waals surface area contributed by atoms with Crippen LogP contribution in [0.2, 0.25) is 5.02 Å². The van der Waals surface area contributed by atoms with E-state index in [4.69, 9.17) is 11.6 Å². The standard InChI is InChI=1S/C28H27ClN6O.2C27H27N7O/c1-19-13-24(6-4-21(19)18-35-11-9-34(2)10-12-35)31-28(36)22-14-20(16-30-17-22)3-7-26-25-15-23(29)5-8-27(25)33-32-26;1-19-13-23(5-4-21(19)18-34-11-9-33(2)10-12-34)30-27(35)22-14-20(15-29-16-22)3-6-25-24-17-28-8-7-26(24)32-31-25;1-19-14-23(7-6-21(19)18-34-12-10-33(2)11-13-34)30-27(35)22-15-20(16-28-17-22)5-8-25-26-24(31-32-25)4-3-9-29-26/h4-6,8,13-17H,9-12,18H2,1-2H3,(H,31,36)(H,32,33);4-5,7-8,13-17H,9-12,18H2,1-2H3,(H,30,35)(H,31,32);3-4,6-7,9,14-17H,10-13,18H2,1-2H3,(H,30,35)(H,31,32). The van der Waals surface area contributed by atoms with E-state index in [0.717, 1.165) is 148 Å². The van der Waals surface area contributed by atoms with E-state index >= 15 is 0 Å². The van der Waals surface area contributed by atoms with Crippen LogP contribution >= 0.6 is 11.6 Å². The molecule has 11 heterocycles. The molecule has 106 heavy (non-hydrogen) atoms. The van der Waals surface area contributed by atoms with Crippen molar-refractivity contribution in [3.05, 3.63) is 254 Å². The minimum absolute atomic E-state index is 0.219. The summed E-state index contributed by atoms with van der Waals surface area (Å²) in [5.74, 6) is 17.7. The van der Waals surface area contributed by atoms with Crippen LogP contribution in [-0.4, -0.2) is 202 Å². The lowest BCUT2D eigenvalue weighted by Gasteiger charge is -2.32. The van der Waals surface area contributed by atoms with Crippen LogP contribution in [0.4, 0.5) is 17.1 Å². The summed E-state index contributed by atoms with van der Waals surface area (Å²) in [6.07, 6.45) is 14.7. The molecule has 3 amide bonds. The first-order valence-corrected chi connectivity index (χ1v) is 35.5. The Labute approximate surface area is 620 Å². The topological polar surface area (TPSA) is 257 Å². The van der Waals surface area contributed by atoms with Gasteiger partial charge in [-0.15, -0.1) is 0 Å². The molecule has 0 spiro atoms. The number of anilines is 3. The Balaban J connectivity index is 0.000000141. The van der Waals surface area contributed by atoms with Crippen molar-refractivity contribution in [1.29, 1.82) is 0 Å². The number of amides is 3. The van der Waals surface area contributed by atoms with Crippen molar-refractivity contribution in [2.45, 2.75) is 40.4 Å². The molecule has 12 aromatic rings. The number of aromatic amines is 3. The zero-order valence-corrected chi connectivity index (χ0v) is 60.8. The molecule has 15 rings (SSSR count). The second-order valence-corrected chi connectivity index (χ2v) is 27.3. The minimum Gasteiger partial charge on any atom is -0.322 e. The highest BCUT2D eigenvalue weighted by Crippen LogP contribution is 2.25. The Morgan fingerprint density at radius 2 is 0.802 bits per heavy atom. The molecule has 0 bridgehead atoms. The van der Waals surface area contributed by atoms with Gasteiger partial charge in [0, 0.05) is 198 Å². The van der Waals surface area contributed by atoms with Gasteiger partial charge in [0.2, 0.25) is 0 Å². The number of H-pyrrole nitrogens is 3. The van der Waals surface area contributed by atoms with E-state index in [1.165, 1.54) is 27.8 Å². The molecule has 6 N–H and O–H groups in total. The molecule has 23 nitrogen and oxygen atoms in total. The van der Waals surface area contributed by atoms with Crippen LogP contribution in [-0.2, 0) is 19.6 Å². The quantitative estimate of drug-likeness (QED) is 0.0622. The fourth-order valence-electron chi connectivity index (χ4n) is 12.5. The molecule has 4 aromatic carbocycles. The van der Waals surface area contributed by atoms with Gasteiger partial charge in [0.15, 0.2) is 0 Å². The summed E-state index contributed by atoms with van der Waals surface area (Å²) in [5.41, 5.74) is 17.9. The van der Waals surface area contributed by atoms with Gasteiger partial charge in [-0.3, -0.25) is 69.3 Å². The van der Waals surface area contributed by atoms with Gasteiger partial charge in [-0.1, -0.05) is 47.6 Å². The number of halogens is 1. The number of fused-ring (bicyclic) bond motifs is 3. The lowest BCUT2D eigenvalue weighted by molar-refractivity contribution is 0.101. The Morgan fingerprint density at radius 3 is 1.24 bits per heavy atom. The van der Waals surface area contributed by atoms with E-state index < -0.39 is 0 Å². The fourth-order valence-corrected chi connectivity index (χ4v) is 12.6. The lowest BCUT2D eigenvalue weighted by Crippen LogP contribution is -2.43. The number of carbonyl (C=O) groups excluding carboxylic acids is 3. The van der Waals surface area contributed by atoms with Crippen LogP contribution in [0, 0.1) is 56.3 Å². The SMILES string of the molecule is Cc1cc(NC(=O)c2cncc(C#Cc3[nH]nc4ccc(Cl)cc34)c2)ccc1CN1CCN(C)CC1.Cc1cc(NC(=O)c2cncc(C#Cc3[nH]nc4cccnc34)c2)ccc1CN1CCN(C)CC1.Cc1cc(NC(=O)c2cncc(C#Cc3[nH]nc4ccncc34)c2)ccc1CN1CCN(C)CC1. The summed E-state index contributed by atoms with van der Waals surface area (Å²) in [7, 11) is 6.49. The number of piperazine rings is 3. The number of benzene rings is 4. The van der Waals surface area contributed by atoms with E-state index in [1.807, 2.05) is 66.7 Å². The van der Waals surface area contributed by atoms with Crippen LogP contribution in [0.5, 0.6) is 0 Å². The molecular weight excluding hydrogens is 1350 g/mol. The number of nitrogens with one attached hydrogen (secondary N) is 6. The number of rotatable bonds is 12. The molecular formula is C82H81ClN20O3. The molecule has 0 saturated carbocycles. The van der Waals surface area contributed by atoms with E-state index in [2.05, 4.69) is 196 Å². The normalized spacial score (nSPS) is 14.4. The van der Waals surface area contributed by atoms with Gasteiger partial charge in [-0.2, -0.15) is 15.3 Å². The third kappa shape index (κ3) is 19.1. The van der Waals surface area contributed by atoms with E-state index in [1.54, 1.807) is 80.0 Å². The predicted molar refractivity (Wildman–Crippen MR) is 415 cm³/mol. The average molecular weight is 1430 g/mol. The van der Waals surface area contributed by atoms with Gasteiger partial charge in [0.05, 0.1) is 33.1 Å². The zero-order chi connectivity index (χ0) is 73.5. The Bertz CT molecular complexity index is 5160. The highest BCUT2D eigenvalue weighted by Gasteiger charge is 2.20. The highest BCUT2D eigenvalue weighted by molar-refractivity contribution is 6.31. The zero-order valence-electron chi connectivity index (χ0n) is 60.1. The Kier molecular flexibility index (Phi) is 23.4. The molecule has 0 unspecified atom stereocenters. The number of pyridine rings is 5. The van der Waals surface area contributed by atoms with Crippen molar-refractivity contribution in [3.63, 3.8) is 0 Å². The van der Waals surface area contributed by atoms with Crippen molar-refractivity contribution >= 4 is 79.2 Å². The molecule has 3 aliphatic rings. The summed E-state index contributed by atoms with van der Waals surface area (Å²) in [6.45, 7) is 22.1. The number of nitrogens with zero attached hydrogens (tertiary/aromatic N) is 14. The van der Waals surface area contributed by atoms with Crippen molar-refractivity contribution in [2.24, 2.45) is 0 Å². The number of hydrogen-bond donors (Lipinski definition) is 6. The van der Waals surface area contributed by atoms with Crippen molar-refractivity contribution < 1.29 is 14.4 Å². The monoisotopic (exact) mass is 1430 g/mol. The van der Waals surface area contributed by atoms with Gasteiger partial charge in [-0.05, 0) is 184 Å². The minimum atomic E-state index is -0.226. The van der Waals surface area contributed by atoms with Crippen LogP contribution in [0.15, 0.2) is 165 Å². The van der Waals surface area contributed by atoms with Gasteiger partial charge in [0.25, 0.3) is 17.7 Å². The molecule has 0 atom stereocenters.